The van der Waals surface area contributed by atoms with Gasteiger partial charge in [-0.3, -0.25) is 9.59 Å². The number of nitrogens with zero attached hydrogens (tertiary/aromatic N) is 2. The number of phenols is 1. The molecule has 1 saturated heterocycles. The molecule has 1 aliphatic carbocycles. The van der Waals surface area contributed by atoms with Crippen LogP contribution in [0.3, 0.4) is 0 Å². The summed E-state index contributed by atoms with van der Waals surface area (Å²) in [6.07, 6.45) is 7.88. The molecule has 3 N–H and O–H groups in total. The molecule has 1 aliphatic heterocycles. The number of carbonyl (C=O) groups excluding carboxylic acids is 2. The highest BCUT2D eigenvalue weighted by molar-refractivity contribution is 5.97. The third-order valence-electron chi connectivity index (χ3n) is 7.93. The van der Waals surface area contributed by atoms with Gasteiger partial charge >= 0.3 is 5.97 Å². The summed E-state index contributed by atoms with van der Waals surface area (Å²) in [5.74, 6) is 0.422. The van der Waals surface area contributed by atoms with Crippen LogP contribution in [0.15, 0.2) is 17.3 Å². The Morgan fingerprint density at radius 2 is 1.77 bits per heavy atom. The predicted octanol–water partition coefficient (Wildman–Crippen LogP) is 5.24. The monoisotopic (exact) mass is 544 g/mol. The van der Waals surface area contributed by atoms with Crippen LogP contribution in [0.25, 0.3) is 0 Å². The van der Waals surface area contributed by atoms with Gasteiger partial charge in [0.1, 0.15) is 23.6 Å². The molecule has 1 atom stereocenters. The van der Waals surface area contributed by atoms with Crippen LogP contribution in [0, 0.1) is 16.7 Å². The zero-order valence-electron chi connectivity index (χ0n) is 24.2. The van der Waals surface area contributed by atoms with Crippen LogP contribution in [-0.2, 0) is 9.53 Å². The molecule has 2 aliphatic rings. The minimum Gasteiger partial charge on any atom is -0.507 e. The van der Waals surface area contributed by atoms with Gasteiger partial charge in [-0.25, -0.2) is 0 Å². The van der Waals surface area contributed by atoms with Crippen LogP contribution in [0.5, 0.6) is 5.75 Å². The van der Waals surface area contributed by atoms with E-state index in [2.05, 4.69) is 29.7 Å². The number of nitrogens with one attached hydrogen (secondary N) is 2. The minimum atomic E-state index is -0.241. The normalized spacial score (nSPS) is 17.6. The molecule has 2 fully saturated rings. The maximum Gasteiger partial charge on any atom is 0.323 e. The second-order valence-corrected chi connectivity index (χ2v) is 11.9. The van der Waals surface area contributed by atoms with Gasteiger partial charge in [-0.1, -0.05) is 27.7 Å². The first-order valence-corrected chi connectivity index (χ1v) is 14.8. The van der Waals surface area contributed by atoms with E-state index in [1.807, 2.05) is 13.8 Å². The summed E-state index contributed by atoms with van der Waals surface area (Å²) >= 11 is 0. The van der Waals surface area contributed by atoms with E-state index in [0.29, 0.717) is 30.5 Å². The van der Waals surface area contributed by atoms with E-state index in [4.69, 9.17) is 4.74 Å². The van der Waals surface area contributed by atoms with Crippen molar-refractivity contribution in [2.45, 2.75) is 97.1 Å². The first kappa shape index (κ1) is 31.0. The Hall–Kier alpha value is -2.52. The topological polar surface area (TPSA) is 120 Å². The van der Waals surface area contributed by atoms with Crippen molar-refractivity contribution in [3.05, 3.63) is 28.2 Å². The van der Waals surface area contributed by atoms with Crippen molar-refractivity contribution in [1.82, 2.24) is 15.5 Å². The molecule has 1 aromatic rings. The Morgan fingerprint density at radius 3 is 2.38 bits per heavy atom. The molecule has 0 aromatic heterocycles. The lowest BCUT2D eigenvalue weighted by Gasteiger charge is -2.32. The molecule has 0 spiro atoms. The molecule has 1 heterocycles. The lowest BCUT2D eigenvalue weighted by atomic mass is 9.94. The highest BCUT2D eigenvalue weighted by atomic mass is 16.5. The SMILES string of the molecule is CC(C)CC(NCCCNCC1CCN(C(=O)c2cc(C(C)C)c(N=O)cc2O)CC1)C(=O)OC1CCCC1. The molecule has 1 aromatic carbocycles. The van der Waals surface area contributed by atoms with Gasteiger partial charge in [-0.05, 0) is 106 Å². The zero-order chi connectivity index (χ0) is 28.4. The number of hydrogen-bond donors (Lipinski definition) is 3. The maximum absolute atomic E-state index is 13.1. The van der Waals surface area contributed by atoms with Crippen molar-refractivity contribution in [3.8, 4) is 5.75 Å². The van der Waals surface area contributed by atoms with Crippen molar-refractivity contribution >= 4 is 17.6 Å². The van der Waals surface area contributed by atoms with Gasteiger partial charge in [0.2, 0.25) is 0 Å². The number of aromatic hydroxyl groups is 1. The van der Waals surface area contributed by atoms with E-state index in [9.17, 15) is 19.6 Å². The molecule has 9 heteroatoms. The zero-order valence-corrected chi connectivity index (χ0v) is 24.2. The van der Waals surface area contributed by atoms with E-state index < -0.39 is 0 Å². The number of carbonyl (C=O) groups is 2. The molecule has 1 amide bonds. The number of benzene rings is 1. The van der Waals surface area contributed by atoms with E-state index in [1.165, 1.54) is 6.07 Å². The van der Waals surface area contributed by atoms with Gasteiger partial charge in [-0.15, -0.1) is 4.91 Å². The van der Waals surface area contributed by atoms with E-state index in [0.717, 1.165) is 71.0 Å². The number of hydrogen-bond acceptors (Lipinski definition) is 8. The second-order valence-electron chi connectivity index (χ2n) is 11.9. The Bertz CT molecular complexity index is 953. The third-order valence-corrected chi connectivity index (χ3v) is 7.93. The van der Waals surface area contributed by atoms with Crippen LogP contribution < -0.4 is 10.6 Å². The third kappa shape index (κ3) is 9.28. The standard InChI is InChI=1S/C30H48N4O5/c1-20(2)16-27(30(37)39-23-8-5-6-9-23)32-13-7-12-31-19-22-10-14-34(15-11-22)29(36)25-17-24(21(3)4)26(33-38)18-28(25)35/h17-18,20-23,27,31-32,35H,5-16,19H2,1-4H3. The lowest BCUT2D eigenvalue weighted by Crippen LogP contribution is -2.42. The highest BCUT2D eigenvalue weighted by Gasteiger charge is 2.27. The summed E-state index contributed by atoms with van der Waals surface area (Å²) in [7, 11) is 0. The first-order chi connectivity index (χ1) is 18.7. The van der Waals surface area contributed by atoms with Crippen molar-refractivity contribution in [2.75, 3.05) is 32.7 Å². The van der Waals surface area contributed by atoms with Gasteiger partial charge in [0.05, 0.1) is 5.56 Å². The van der Waals surface area contributed by atoms with Crippen LogP contribution in [-0.4, -0.2) is 66.8 Å². The van der Waals surface area contributed by atoms with Crippen molar-refractivity contribution < 1.29 is 19.4 Å². The summed E-state index contributed by atoms with van der Waals surface area (Å²) in [6.45, 7) is 11.9. The molecule has 3 rings (SSSR count). The average molecular weight is 545 g/mol. The van der Waals surface area contributed by atoms with E-state index in [-0.39, 0.29) is 46.9 Å². The summed E-state index contributed by atoms with van der Waals surface area (Å²) < 4.78 is 5.74. The Balaban J connectivity index is 1.36. The summed E-state index contributed by atoms with van der Waals surface area (Å²) in [6, 6.07) is 2.67. The molecular weight excluding hydrogens is 496 g/mol. The summed E-state index contributed by atoms with van der Waals surface area (Å²) in [5, 5.41) is 20.3. The Labute approximate surface area is 233 Å². The van der Waals surface area contributed by atoms with Gasteiger partial charge in [0.15, 0.2) is 0 Å². The first-order valence-electron chi connectivity index (χ1n) is 14.8. The van der Waals surface area contributed by atoms with E-state index >= 15 is 0 Å². The highest BCUT2D eigenvalue weighted by Crippen LogP contribution is 2.34. The number of piperidine rings is 1. The number of ether oxygens (including phenoxy) is 1. The predicted molar refractivity (Wildman–Crippen MR) is 153 cm³/mol. The quantitative estimate of drug-likeness (QED) is 0.166. The number of esters is 1. The molecular formula is C30H48N4O5. The smallest absolute Gasteiger partial charge is 0.323 e. The Morgan fingerprint density at radius 1 is 1.08 bits per heavy atom. The largest absolute Gasteiger partial charge is 0.507 e. The molecule has 0 bridgehead atoms. The molecule has 9 nitrogen and oxygen atoms in total. The fraction of sp³-hybridized carbons (Fsp3) is 0.733. The Kier molecular flexibility index (Phi) is 12.2. The fourth-order valence-electron chi connectivity index (χ4n) is 5.60. The number of rotatable bonds is 14. The lowest BCUT2D eigenvalue weighted by molar-refractivity contribution is -0.151. The molecule has 1 saturated carbocycles. The number of amides is 1. The maximum atomic E-state index is 13.1. The van der Waals surface area contributed by atoms with Crippen molar-refractivity contribution in [1.29, 1.82) is 0 Å². The molecule has 39 heavy (non-hydrogen) atoms. The van der Waals surface area contributed by atoms with Crippen LogP contribution in [0.2, 0.25) is 0 Å². The average Bonchev–Trinajstić information content (AvgIpc) is 3.42. The number of likely N-dealkylation sites (tertiary alicyclic amines) is 1. The minimum absolute atomic E-state index is 0.0173. The molecule has 1 unspecified atom stereocenters. The van der Waals surface area contributed by atoms with Gasteiger partial charge < -0.3 is 25.4 Å². The second kappa shape index (κ2) is 15.3. The van der Waals surface area contributed by atoms with Gasteiger partial charge in [-0.2, -0.15) is 0 Å². The van der Waals surface area contributed by atoms with Gasteiger partial charge in [0.25, 0.3) is 5.91 Å². The fourth-order valence-corrected chi connectivity index (χ4v) is 5.60. The summed E-state index contributed by atoms with van der Waals surface area (Å²) in [5.41, 5.74) is 1.08. The van der Waals surface area contributed by atoms with E-state index in [1.54, 1.807) is 11.0 Å². The molecule has 0 radical (unpaired) electrons. The summed E-state index contributed by atoms with van der Waals surface area (Å²) in [4.78, 5) is 38.7. The van der Waals surface area contributed by atoms with Gasteiger partial charge in [0, 0.05) is 19.2 Å². The number of phenolic OH excluding ortho intramolecular Hbond substituents is 1. The molecule has 218 valence electrons. The van der Waals surface area contributed by atoms with Crippen molar-refractivity contribution in [2.24, 2.45) is 17.0 Å². The van der Waals surface area contributed by atoms with Crippen LogP contribution >= 0.6 is 0 Å². The van der Waals surface area contributed by atoms with Crippen molar-refractivity contribution in [3.63, 3.8) is 0 Å². The van der Waals surface area contributed by atoms with Crippen LogP contribution in [0.1, 0.15) is 101 Å². The van der Waals surface area contributed by atoms with Crippen LogP contribution in [0.4, 0.5) is 5.69 Å². The number of nitroso groups, excluding NO2 is 1.